The topological polar surface area (TPSA) is 110 Å². The Morgan fingerprint density at radius 2 is 2.28 bits per heavy atom. The van der Waals surface area contributed by atoms with Crippen LogP contribution < -0.4 is 5.32 Å². The van der Waals surface area contributed by atoms with Gasteiger partial charge in [-0.05, 0) is 15.8 Å². The van der Waals surface area contributed by atoms with E-state index in [4.69, 9.17) is 5.11 Å². The highest BCUT2D eigenvalue weighted by Crippen LogP contribution is 2.22. The van der Waals surface area contributed by atoms with Gasteiger partial charge in [0.2, 0.25) is 12.1 Å². The number of rotatable bonds is 6. The summed E-state index contributed by atoms with van der Waals surface area (Å²) in [5.74, 6) is -1.69. The molecule has 1 rings (SSSR count). The molecule has 1 aromatic heterocycles. The van der Waals surface area contributed by atoms with Crippen molar-refractivity contribution in [2.75, 3.05) is 11.9 Å². The van der Waals surface area contributed by atoms with Gasteiger partial charge in [0.05, 0.1) is 5.92 Å². The highest BCUT2D eigenvalue weighted by atomic mass is 16.6. The first-order chi connectivity index (χ1) is 8.34. The number of nitrogens with one attached hydrogen (secondary N) is 1. The van der Waals surface area contributed by atoms with Gasteiger partial charge in [-0.2, -0.15) is 0 Å². The Bertz CT molecular complexity index is 455. The summed E-state index contributed by atoms with van der Waals surface area (Å²) in [6, 6.07) is 0. The first kappa shape index (κ1) is 13.9. The van der Waals surface area contributed by atoms with Gasteiger partial charge >= 0.3 is 11.8 Å². The molecule has 0 saturated carbocycles. The van der Waals surface area contributed by atoms with Crippen LogP contribution in [0, 0.1) is 22.0 Å². The van der Waals surface area contributed by atoms with Crippen LogP contribution in [0.1, 0.15) is 13.8 Å². The minimum absolute atomic E-state index is 0.0673. The van der Waals surface area contributed by atoms with Gasteiger partial charge in [-0.1, -0.05) is 13.8 Å². The van der Waals surface area contributed by atoms with Crippen molar-refractivity contribution >= 4 is 17.6 Å². The van der Waals surface area contributed by atoms with Gasteiger partial charge in [0, 0.05) is 13.6 Å². The van der Waals surface area contributed by atoms with E-state index in [0.29, 0.717) is 0 Å². The normalized spacial score (nSPS) is 12.4. The van der Waals surface area contributed by atoms with E-state index in [1.165, 1.54) is 10.9 Å². The van der Waals surface area contributed by atoms with Crippen molar-refractivity contribution in [3.8, 4) is 0 Å². The van der Waals surface area contributed by atoms with Crippen LogP contribution >= 0.6 is 0 Å². The number of hydrogen-bond acceptors (Lipinski definition) is 5. The lowest BCUT2D eigenvalue weighted by molar-refractivity contribution is -0.388. The molecule has 0 aliphatic rings. The number of nitro groups is 1. The predicted molar refractivity (Wildman–Crippen MR) is 64.3 cm³/mol. The smallest absolute Gasteiger partial charge is 0.406 e. The molecule has 0 spiro atoms. The maximum Gasteiger partial charge on any atom is 0.406 e. The molecular formula is C10H16N4O4. The fourth-order valence-electron chi connectivity index (χ4n) is 1.57. The Labute approximate surface area is 104 Å². The molecule has 100 valence electrons. The third-order valence-electron chi connectivity index (χ3n) is 2.70. The van der Waals surface area contributed by atoms with Gasteiger partial charge in [0.15, 0.2) is 0 Å². The molecular weight excluding hydrogens is 240 g/mol. The molecule has 0 aromatic carbocycles. The Hall–Kier alpha value is -2.12. The minimum Gasteiger partial charge on any atom is -0.481 e. The summed E-state index contributed by atoms with van der Waals surface area (Å²) in [7, 11) is 1.60. The summed E-state index contributed by atoms with van der Waals surface area (Å²) in [5.41, 5.74) is 0. The van der Waals surface area contributed by atoms with Crippen LogP contribution in [-0.4, -0.2) is 32.1 Å². The lowest BCUT2D eigenvalue weighted by atomic mass is 9.96. The van der Waals surface area contributed by atoms with Gasteiger partial charge in [-0.3, -0.25) is 9.36 Å². The monoisotopic (exact) mass is 256 g/mol. The molecule has 1 atom stereocenters. The molecule has 0 radical (unpaired) electrons. The lowest BCUT2D eigenvalue weighted by Crippen LogP contribution is -2.28. The molecule has 1 unspecified atom stereocenters. The number of imidazole rings is 1. The SMILES string of the molecule is CC(C)C(CNc1c([N+](=O)[O-])ncn1C)C(=O)O. The first-order valence-electron chi connectivity index (χ1n) is 5.47. The zero-order chi connectivity index (χ0) is 13.9. The molecule has 1 aromatic rings. The Kier molecular flexibility index (Phi) is 4.24. The zero-order valence-corrected chi connectivity index (χ0v) is 10.5. The fraction of sp³-hybridized carbons (Fsp3) is 0.600. The number of aliphatic carboxylic acids is 1. The molecule has 0 aliphatic heterocycles. The van der Waals surface area contributed by atoms with Crippen molar-refractivity contribution in [2.45, 2.75) is 13.8 Å². The van der Waals surface area contributed by atoms with Crippen LogP contribution in [-0.2, 0) is 11.8 Å². The molecule has 0 saturated heterocycles. The van der Waals surface area contributed by atoms with Crippen molar-refractivity contribution in [3.63, 3.8) is 0 Å². The van der Waals surface area contributed by atoms with E-state index in [-0.39, 0.29) is 24.1 Å². The second kappa shape index (κ2) is 5.48. The van der Waals surface area contributed by atoms with Gasteiger partial charge in [-0.15, -0.1) is 0 Å². The van der Waals surface area contributed by atoms with E-state index >= 15 is 0 Å². The fourth-order valence-corrected chi connectivity index (χ4v) is 1.57. The summed E-state index contributed by atoms with van der Waals surface area (Å²) in [6.07, 6.45) is 1.31. The average molecular weight is 256 g/mol. The molecule has 2 N–H and O–H groups in total. The minimum atomic E-state index is -0.928. The van der Waals surface area contributed by atoms with E-state index in [0.717, 1.165) is 0 Å². The van der Waals surface area contributed by atoms with Crippen LogP contribution in [0.3, 0.4) is 0 Å². The van der Waals surface area contributed by atoms with E-state index in [9.17, 15) is 14.9 Å². The molecule has 1 heterocycles. The second-order valence-corrected chi connectivity index (χ2v) is 4.35. The van der Waals surface area contributed by atoms with Crippen LogP contribution in [0.2, 0.25) is 0 Å². The summed E-state index contributed by atoms with van der Waals surface area (Å²) in [6.45, 7) is 3.70. The average Bonchev–Trinajstić information content (AvgIpc) is 2.59. The van der Waals surface area contributed by atoms with Gasteiger partial charge < -0.3 is 20.5 Å². The van der Waals surface area contributed by atoms with Gasteiger partial charge in [-0.25, -0.2) is 0 Å². The van der Waals surface area contributed by atoms with Crippen LogP contribution in [0.5, 0.6) is 0 Å². The van der Waals surface area contributed by atoms with Crippen molar-refractivity contribution in [2.24, 2.45) is 18.9 Å². The first-order valence-corrected chi connectivity index (χ1v) is 5.47. The molecule has 8 nitrogen and oxygen atoms in total. The van der Waals surface area contributed by atoms with Gasteiger partial charge in [0.1, 0.15) is 0 Å². The Balaban J connectivity index is 2.82. The number of nitrogens with zero attached hydrogens (tertiary/aromatic N) is 3. The second-order valence-electron chi connectivity index (χ2n) is 4.35. The number of hydrogen-bond donors (Lipinski definition) is 2. The van der Waals surface area contributed by atoms with Crippen LogP contribution in [0.4, 0.5) is 11.6 Å². The largest absolute Gasteiger partial charge is 0.481 e. The lowest BCUT2D eigenvalue weighted by Gasteiger charge is -2.17. The van der Waals surface area contributed by atoms with Gasteiger partial charge in [0.25, 0.3) is 0 Å². The zero-order valence-electron chi connectivity index (χ0n) is 10.5. The quantitative estimate of drug-likeness (QED) is 0.582. The van der Waals surface area contributed by atoms with Crippen molar-refractivity contribution in [1.82, 2.24) is 9.55 Å². The number of aryl methyl sites for hydroxylation is 1. The molecule has 0 aliphatic carbocycles. The maximum absolute atomic E-state index is 11.0. The van der Waals surface area contributed by atoms with Crippen LogP contribution in [0.25, 0.3) is 0 Å². The summed E-state index contributed by atoms with van der Waals surface area (Å²) in [4.78, 5) is 24.8. The summed E-state index contributed by atoms with van der Waals surface area (Å²) < 4.78 is 1.46. The number of carboxylic acid groups (broad SMARTS) is 1. The van der Waals surface area contributed by atoms with E-state index in [2.05, 4.69) is 10.3 Å². The Morgan fingerprint density at radius 3 is 2.72 bits per heavy atom. The highest BCUT2D eigenvalue weighted by molar-refractivity contribution is 5.71. The number of anilines is 1. The highest BCUT2D eigenvalue weighted by Gasteiger charge is 2.25. The van der Waals surface area contributed by atoms with Crippen LogP contribution in [0.15, 0.2) is 6.33 Å². The summed E-state index contributed by atoms with van der Waals surface area (Å²) >= 11 is 0. The molecule has 0 bridgehead atoms. The summed E-state index contributed by atoms with van der Waals surface area (Å²) in [5, 5.41) is 22.5. The molecule has 18 heavy (non-hydrogen) atoms. The molecule has 0 fully saturated rings. The number of carbonyl (C=O) groups is 1. The van der Waals surface area contributed by atoms with Crippen molar-refractivity contribution < 1.29 is 14.8 Å². The molecule has 0 amide bonds. The van der Waals surface area contributed by atoms with E-state index < -0.39 is 16.8 Å². The number of carboxylic acids is 1. The maximum atomic E-state index is 11.0. The van der Waals surface area contributed by atoms with Crippen molar-refractivity contribution in [1.29, 1.82) is 0 Å². The third-order valence-corrected chi connectivity index (χ3v) is 2.70. The standard InChI is InChI=1S/C10H16N4O4/c1-6(2)7(10(15)16)4-11-8-9(14(17)18)12-5-13(8)3/h5-7,11H,4H2,1-3H3,(H,15,16). The van der Waals surface area contributed by atoms with E-state index in [1.807, 2.05) is 0 Å². The predicted octanol–water partition coefficient (Wildman–Crippen LogP) is 1.10. The Morgan fingerprint density at radius 1 is 1.67 bits per heavy atom. The van der Waals surface area contributed by atoms with E-state index in [1.54, 1.807) is 20.9 Å². The number of aromatic nitrogens is 2. The molecule has 8 heteroatoms. The van der Waals surface area contributed by atoms with Crippen molar-refractivity contribution in [3.05, 3.63) is 16.4 Å². The third kappa shape index (κ3) is 2.96.